The molecule has 4 rings (SSSR count). The van der Waals surface area contributed by atoms with Crippen LogP contribution in [0.4, 0.5) is 5.69 Å². The molecule has 1 aromatic carbocycles. The van der Waals surface area contributed by atoms with Crippen LogP contribution in [0.5, 0.6) is 0 Å². The Morgan fingerprint density at radius 3 is 3.04 bits per heavy atom. The first kappa shape index (κ1) is 17.0. The Bertz CT molecular complexity index is 640. The fourth-order valence-electron chi connectivity index (χ4n) is 4.74. The van der Waals surface area contributed by atoms with E-state index < -0.39 is 0 Å². The quantitative estimate of drug-likeness (QED) is 0.911. The minimum absolute atomic E-state index is 0.0591. The molecule has 25 heavy (non-hydrogen) atoms. The van der Waals surface area contributed by atoms with E-state index in [1.807, 2.05) is 6.07 Å². The first-order valence-corrected chi connectivity index (χ1v) is 9.50. The van der Waals surface area contributed by atoms with Crippen molar-refractivity contribution in [1.82, 2.24) is 4.90 Å². The predicted octanol–water partition coefficient (Wildman–Crippen LogP) is 2.38. The van der Waals surface area contributed by atoms with Crippen LogP contribution in [0.1, 0.15) is 36.8 Å². The average Bonchev–Trinajstić information content (AvgIpc) is 3.22. The topological polar surface area (TPSA) is 50.8 Å². The van der Waals surface area contributed by atoms with Gasteiger partial charge in [0, 0.05) is 32.5 Å². The highest BCUT2D eigenvalue weighted by atomic mass is 16.6. The van der Waals surface area contributed by atoms with Crippen LogP contribution >= 0.6 is 0 Å². The molecule has 2 aliphatic heterocycles. The molecule has 0 aromatic heterocycles. The van der Waals surface area contributed by atoms with Gasteiger partial charge in [-0.1, -0.05) is 12.1 Å². The van der Waals surface area contributed by atoms with E-state index in [1.54, 1.807) is 7.11 Å². The number of rotatable bonds is 4. The lowest BCUT2D eigenvalue weighted by atomic mass is 9.90. The Balaban J connectivity index is 1.40. The first-order chi connectivity index (χ1) is 12.2. The summed E-state index contributed by atoms with van der Waals surface area (Å²) in [5, 5.41) is 3.15. The molecule has 2 saturated heterocycles. The summed E-state index contributed by atoms with van der Waals surface area (Å²) in [6.07, 6.45) is 6.82. The minimum atomic E-state index is -0.207. The molecule has 2 fully saturated rings. The molecule has 0 radical (unpaired) electrons. The summed E-state index contributed by atoms with van der Waals surface area (Å²) in [5.41, 5.74) is 3.51. The molecule has 136 valence electrons. The van der Waals surface area contributed by atoms with Gasteiger partial charge in [0.1, 0.15) is 5.60 Å². The van der Waals surface area contributed by atoms with Crippen LogP contribution in [-0.4, -0.2) is 55.9 Å². The second-order valence-electron chi connectivity index (χ2n) is 7.61. The number of aryl methyl sites for hydroxylation is 1. The molecule has 1 aliphatic carbocycles. The molecule has 1 amide bonds. The van der Waals surface area contributed by atoms with Gasteiger partial charge in [0.15, 0.2) is 0 Å². The third kappa shape index (κ3) is 3.33. The Morgan fingerprint density at radius 1 is 1.36 bits per heavy atom. The summed E-state index contributed by atoms with van der Waals surface area (Å²) in [7, 11) is 1.74. The second-order valence-corrected chi connectivity index (χ2v) is 7.61. The Labute approximate surface area is 149 Å². The SMILES string of the molecule is CO[C@@H]1CN(CC(=O)Nc2cccc3c2CCCC3)C[C@]12CCCO2. The molecule has 5 nitrogen and oxygen atoms in total. The zero-order valence-corrected chi connectivity index (χ0v) is 15.1. The van der Waals surface area contributed by atoms with E-state index in [1.165, 1.54) is 24.0 Å². The zero-order valence-electron chi connectivity index (χ0n) is 15.1. The van der Waals surface area contributed by atoms with E-state index in [0.29, 0.717) is 6.54 Å². The molecule has 2 atom stereocenters. The summed E-state index contributed by atoms with van der Waals surface area (Å²) >= 11 is 0. The first-order valence-electron chi connectivity index (χ1n) is 9.50. The lowest BCUT2D eigenvalue weighted by molar-refractivity contribution is -0.117. The highest BCUT2D eigenvalue weighted by Gasteiger charge is 2.50. The lowest BCUT2D eigenvalue weighted by Crippen LogP contribution is -2.42. The second kappa shape index (κ2) is 7.06. The Morgan fingerprint density at radius 2 is 2.24 bits per heavy atom. The molecule has 5 heteroatoms. The van der Waals surface area contributed by atoms with Gasteiger partial charge in [0.25, 0.3) is 0 Å². The number of hydrogen-bond donors (Lipinski definition) is 1. The van der Waals surface area contributed by atoms with Gasteiger partial charge in [-0.05, 0) is 55.7 Å². The van der Waals surface area contributed by atoms with Gasteiger partial charge in [-0.3, -0.25) is 9.69 Å². The number of likely N-dealkylation sites (tertiary alicyclic amines) is 1. The number of nitrogens with one attached hydrogen (secondary N) is 1. The van der Waals surface area contributed by atoms with Crippen LogP contribution in [0.15, 0.2) is 18.2 Å². The van der Waals surface area contributed by atoms with Crippen LogP contribution in [0.2, 0.25) is 0 Å². The van der Waals surface area contributed by atoms with Gasteiger partial charge in [-0.15, -0.1) is 0 Å². The van der Waals surface area contributed by atoms with Crippen LogP contribution in [-0.2, 0) is 27.1 Å². The number of hydrogen-bond acceptors (Lipinski definition) is 4. The summed E-state index contributed by atoms with van der Waals surface area (Å²) in [4.78, 5) is 14.8. The number of carbonyl (C=O) groups excluding carboxylic acids is 1. The minimum Gasteiger partial charge on any atom is -0.377 e. The summed E-state index contributed by atoms with van der Waals surface area (Å²) in [6.45, 7) is 2.74. The third-order valence-electron chi connectivity index (χ3n) is 5.96. The van der Waals surface area contributed by atoms with Crippen molar-refractivity contribution in [3.05, 3.63) is 29.3 Å². The maximum Gasteiger partial charge on any atom is 0.238 e. The van der Waals surface area contributed by atoms with Gasteiger partial charge in [-0.25, -0.2) is 0 Å². The summed E-state index contributed by atoms with van der Waals surface area (Å²) in [6, 6.07) is 6.28. The van der Waals surface area contributed by atoms with E-state index in [0.717, 1.165) is 51.1 Å². The van der Waals surface area contributed by atoms with E-state index in [9.17, 15) is 4.79 Å². The predicted molar refractivity (Wildman–Crippen MR) is 96.9 cm³/mol. The van der Waals surface area contributed by atoms with Gasteiger partial charge < -0.3 is 14.8 Å². The number of carbonyl (C=O) groups is 1. The zero-order chi connectivity index (χ0) is 17.3. The summed E-state index contributed by atoms with van der Waals surface area (Å²) in [5.74, 6) is 0.0591. The van der Waals surface area contributed by atoms with Gasteiger partial charge in [0.2, 0.25) is 5.91 Å². The molecule has 0 bridgehead atoms. The maximum atomic E-state index is 12.6. The van der Waals surface area contributed by atoms with Gasteiger partial charge >= 0.3 is 0 Å². The standard InChI is InChI=1S/C20H28N2O3/c1-24-18-12-22(14-20(18)10-5-11-25-20)13-19(23)21-17-9-4-7-15-6-2-3-8-16(15)17/h4,7,9,18H,2-3,5-6,8,10-14H2,1H3,(H,21,23)/t18-,20-/m1/s1. The van der Waals surface area contributed by atoms with E-state index >= 15 is 0 Å². The molecule has 0 saturated carbocycles. The monoisotopic (exact) mass is 344 g/mol. The smallest absolute Gasteiger partial charge is 0.238 e. The average molecular weight is 344 g/mol. The fraction of sp³-hybridized carbons (Fsp3) is 0.650. The number of amides is 1. The van der Waals surface area contributed by atoms with Crippen LogP contribution < -0.4 is 5.32 Å². The highest BCUT2D eigenvalue weighted by Crippen LogP contribution is 2.36. The molecule has 1 spiro atoms. The van der Waals surface area contributed by atoms with Gasteiger partial charge in [0.05, 0.1) is 12.6 Å². The van der Waals surface area contributed by atoms with Gasteiger partial charge in [-0.2, -0.15) is 0 Å². The van der Waals surface area contributed by atoms with Crippen molar-refractivity contribution in [3.63, 3.8) is 0 Å². The molecule has 1 aromatic rings. The number of nitrogens with zero attached hydrogens (tertiary/aromatic N) is 1. The van der Waals surface area contributed by atoms with Crippen molar-refractivity contribution in [2.45, 2.75) is 50.2 Å². The van der Waals surface area contributed by atoms with Crippen molar-refractivity contribution in [3.8, 4) is 0 Å². The summed E-state index contributed by atoms with van der Waals surface area (Å²) < 4.78 is 11.7. The number of ether oxygens (including phenoxy) is 2. The molecule has 1 N–H and O–H groups in total. The lowest BCUT2D eigenvalue weighted by Gasteiger charge is -2.28. The Hall–Kier alpha value is -1.43. The number of methoxy groups -OCH3 is 1. The number of fused-ring (bicyclic) bond motifs is 1. The fourth-order valence-corrected chi connectivity index (χ4v) is 4.74. The normalized spacial score (nSPS) is 29.1. The van der Waals surface area contributed by atoms with Crippen molar-refractivity contribution >= 4 is 11.6 Å². The molecule has 2 heterocycles. The van der Waals surface area contributed by atoms with Crippen molar-refractivity contribution in [1.29, 1.82) is 0 Å². The number of benzene rings is 1. The third-order valence-corrected chi connectivity index (χ3v) is 5.96. The van der Waals surface area contributed by atoms with E-state index in [-0.39, 0.29) is 17.6 Å². The molecular weight excluding hydrogens is 316 g/mol. The van der Waals surface area contributed by atoms with Crippen LogP contribution in [0.25, 0.3) is 0 Å². The van der Waals surface area contributed by atoms with E-state index in [4.69, 9.17) is 9.47 Å². The van der Waals surface area contributed by atoms with E-state index in [2.05, 4.69) is 22.3 Å². The van der Waals surface area contributed by atoms with Crippen LogP contribution in [0, 0.1) is 0 Å². The number of anilines is 1. The van der Waals surface area contributed by atoms with Crippen molar-refractivity contribution in [2.75, 3.05) is 38.7 Å². The molecule has 3 aliphatic rings. The van der Waals surface area contributed by atoms with Crippen LogP contribution in [0.3, 0.4) is 0 Å². The Kier molecular flexibility index (Phi) is 4.80. The van der Waals surface area contributed by atoms with Crippen molar-refractivity contribution < 1.29 is 14.3 Å². The molecular formula is C20H28N2O3. The van der Waals surface area contributed by atoms with Crippen molar-refractivity contribution in [2.24, 2.45) is 0 Å². The highest BCUT2D eigenvalue weighted by molar-refractivity contribution is 5.93. The largest absolute Gasteiger partial charge is 0.377 e. The molecule has 0 unspecified atom stereocenters. The maximum absolute atomic E-state index is 12.6.